The second-order valence-electron chi connectivity index (χ2n) is 6.25. The number of carbonyl (C=O) groups is 1. The minimum atomic E-state index is -0.00574. The van der Waals surface area contributed by atoms with Crippen molar-refractivity contribution in [2.45, 2.75) is 31.9 Å². The Morgan fingerprint density at radius 1 is 1.16 bits per heavy atom. The first kappa shape index (κ1) is 18.0. The highest BCUT2D eigenvalue weighted by Crippen LogP contribution is 2.17. The lowest BCUT2D eigenvalue weighted by atomic mass is 10.1. The van der Waals surface area contributed by atoms with Crippen molar-refractivity contribution < 1.29 is 9.53 Å². The van der Waals surface area contributed by atoms with E-state index in [0.29, 0.717) is 6.61 Å². The van der Waals surface area contributed by atoms with Crippen LogP contribution in [0.4, 0.5) is 0 Å². The summed E-state index contributed by atoms with van der Waals surface area (Å²) in [6.45, 7) is 2.21. The molecule has 2 N–H and O–H groups in total. The largest absolute Gasteiger partial charge is 0.489 e. The molecule has 132 valence electrons. The van der Waals surface area contributed by atoms with Crippen LogP contribution >= 0.6 is 15.9 Å². The van der Waals surface area contributed by atoms with Gasteiger partial charge in [0.25, 0.3) is 0 Å². The summed E-state index contributed by atoms with van der Waals surface area (Å²) in [4.78, 5) is 11.5. The summed E-state index contributed by atoms with van der Waals surface area (Å²) < 4.78 is 6.89. The molecular formula is C20H23BrN2O2. The third-order valence-corrected chi connectivity index (χ3v) is 4.79. The van der Waals surface area contributed by atoms with E-state index in [4.69, 9.17) is 4.74 Å². The number of carbonyl (C=O) groups excluding carboxylic acids is 1. The molecule has 1 aliphatic heterocycles. The molecule has 0 aliphatic carbocycles. The van der Waals surface area contributed by atoms with E-state index < -0.39 is 0 Å². The van der Waals surface area contributed by atoms with Crippen molar-refractivity contribution in [2.24, 2.45) is 0 Å². The first-order valence-corrected chi connectivity index (χ1v) is 9.47. The van der Waals surface area contributed by atoms with E-state index >= 15 is 0 Å². The average molecular weight is 403 g/mol. The number of nitrogens with one attached hydrogen (secondary N) is 2. The van der Waals surface area contributed by atoms with Gasteiger partial charge in [-0.2, -0.15) is 0 Å². The van der Waals surface area contributed by atoms with Crippen LogP contribution < -0.4 is 15.4 Å². The van der Waals surface area contributed by atoms with Crippen molar-refractivity contribution in [2.75, 3.05) is 13.1 Å². The van der Waals surface area contributed by atoms with Gasteiger partial charge in [-0.3, -0.25) is 4.79 Å². The minimum absolute atomic E-state index is 0.00574. The zero-order valence-corrected chi connectivity index (χ0v) is 15.7. The molecule has 1 amide bonds. The Kier molecular flexibility index (Phi) is 6.48. The molecule has 1 atom stereocenters. The van der Waals surface area contributed by atoms with Crippen LogP contribution in [0.25, 0.3) is 0 Å². The van der Waals surface area contributed by atoms with Crippen LogP contribution in [0.15, 0.2) is 53.0 Å². The van der Waals surface area contributed by atoms with Crippen LogP contribution in [-0.4, -0.2) is 25.0 Å². The number of amides is 1. The average Bonchev–Trinajstić information content (AvgIpc) is 3.03. The number of benzene rings is 2. The molecule has 1 aliphatic rings. The minimum Gasteiger partial charge on any atom is -0.489 e. The summed E-state index contributed by atoms with van der Waals surface area (Å²) in [6, 6.07) is 16.4. The van der Waals surface area contributed by atoms with Crippen LogP contribution in [0, 0.1) is 0 Å². The zero-order chi connectivity index (χ0) is 17.5. The lowest BCUT2D eigenvalue weighted by Gasteiger charge is -2.10. The second-order valence-corrected chi connectivity index (χ2v) is 7.17. The third kappa shape index (κ3) is 5.58. The van der Waals surface area contributed by atoms with Crippen molar-refractivity contribution >= 4 is 21.8 Å². The summed E-state index contributed by atoms with van der Waals surface area (Å²) in [5, 5.41) is 6.16. The van der Waals surface area contributed by atoms with Gasteiger partial charge in [-0.15, -0.1) is 0 Å². The van der Waals surface area contributed by atoms with Crippen molar-refractivity contribution in [3.8, 4) is 5.75 Å². The van der Waals surface area contributed by atoms with Gasteiger partial charge >= 0.3 is 0 Å². The molecule has 0 saturated carbocycles. The van der Waals surface area contributed by atoms with E-state index in [0.717, 1.165) is 48.1 Å². The first-order valence-electron chi connectivity index (χ1n) is 8.68. The molecule has 2 aromatic rings. The molecule has 25 heavy (non-hydrogen) atoms. The Morgan fingerprint density at radius 3 is 2.72 bits per heavy atom. The van der Waals surface area contributed by atoms with Crippen molar-refractivity contribution in [3.63, 3.8) is 0 Å². The van der Waals surface area contributed by atoms with Gasteiger partial charge in [-0.05, 0) is 61.2 Å². The van der Waals surface area contributed by atoms with E-state index in [-0.39, 0.29) is 11.9 Å². The van der Waals surface area contributed by atoms with Crippen LogP contribution in [-0.2, 0) is 17.8 Å². The lowest BCUT2D eigenvalue weighted by Crippen LogP contribution is -2.36. The lowest BCUT2D eigenvalue weighted by molar-refractivity contribution is -0.120. The van der Waals surface area contributed by atoms with E-state index in [1.165, 1.54) is 5.56 Å². The molecular weight excluding hydrogens is 380 g/mol. The SMILES string of the molecule is O=C1NCCC1NCCCc1ccc(OCc2cccc(Br)c2)cc1. The highest BCUT2D eigenvalue weighted by Gasteiger charge is 2.22. The van der Waals surface area contributed by atoms with Crippen LogP contribution in [0.1, 0.15) is 24.0 Å². The Hall–Kier alpha value is -1.85. The predicted molar refractivity (Wildman–Crippen MR) is 103 cm³/mol. The number of rotatable bonds is 8. The second kappa shape index (κ2) is 9.02. The van der Waals surface area contributed by atoms with E-state index in [1.54, 1.807) is 0 Å². The fourth-order valence-electron chi connectivity index (χ4n) is 2.90. The van der Waals surface area contributed by atoms with Crippen molar-refractivity contribution in [3.05, 3.63) is 64.1 Å². The summed E-state index contributed by atoms with van der Waals surface area (Å²) in [5.41, 5.74) is 2.42. The first-order chi connectivity index (χ1) is 12.2. The Bertz CT molecular complexity index is 703. The molecule has 5 heteroatoms. The van der Waals surface area contributed by atoms with E-state index in [2.05, 4.69) is 50.8 Å². The quantitative estimate of drug-likeness (QED) is 0.664. The van der Waals surface area contributed by atoms with Gasteiger partial charge in [-0.25, -0.2) is 0 Å². The number of hydrogen-bond donors (Lipinski definition) is 2. The summed E-state index contributed by atoms with van der Waals surface area (Å²) in [6.07, 6.45) is 2.90. The number of ether oxygens (including phenoxy) is 1. The Balaban J connectivity index is 1.39. The third-order valence-electron chi connectivity index (χ3n) is 4.30. The maximum Gasteiger partial charge on any atom is 0.237 e. The molecule has 1 unspecified atom stereocenters. The highest BCUT2D eigenvalue weighted by atomic mass is 79.9. The van der Waals surface area contributed by atoms with Gasteiger partial charge in [-0.1, -0.05) is 40.2 Å². The highest BCUT2D eigenvalue weighted by molar-refractivity contribution is 9.10. The molecule has 0 spiro atoms. The molecule has 0 bridgehead atoms. The van der Waals surface area contributed by atoms with E-state index in [9.17, 15) is 4.79 Å². The molecule has 1 saturated heterocycles. The predicted octanol–water partition coefficient (Wildman–Crippen LogP) is 3.44. The Labute approximate surface area is 157 Å². The molecule has 2 aromatic carbocycles. The van der Waals surface area contributed by atoms with Gasteiger partial charge in [0.05, 0.1) is 6.04 Å². The molecule has 0 radical (unpaired) electrons. The fourth-order valence-corrected chi connectivity index (χ4v) is 3.35. The van der Waals surface area contributed by atoms with Crippen LogP contribution in [0.5, 0.6) is 5.75 Å². The number of aryl methyl sites for hydroxylation is 1. The molecule has 1 heterocycles. The molecule has 0 aromatic heterocycles. The number of halogens is 1. The van der Waals surface area contributed by atoms with Gasteiger partial charge < -0.3 is 15.4 Å². The maximum absolute atomic E-state index is 11.5. The zero-order valence-electron chi connectivity index (χ0n) is 14.1. The summed E-state index contributed by atoms with van der Waals surface area (Å²) >= 11 is 3.47. The van der Waals surface area contributed by atoms with Crippen LogP contribution in [0.2, 0.25) is 0 Å². The number of hydrogen-bond acceptors (Lipinski definition) is 3. The smallest absolute Gasteiger partial charge is 0.237 e. The normalized spacial score (nSPS) is 16.7. The summed E-state index contributed by atoms with van der Waals surface area (Å²) in [5.74, 6) is 1.01. The monoisotopic (exact) mass is 402 g/mol. The maximum atomic E-state index is 11.5. The molecule has 4 nitrogen and oxygen atoms in total. The van der Waals surface area contributed by atoms with Gasteiger partial charge in [0.15, 0.2) is 0 Å². The Morgan fingerprint density at radius 2 is 2.00 bits per heavy atom. The standard InChI is InChI=1S/C20H23BrN2O2/c21-17-5-1-3-16(13-17)14-25-18-8-6-15(7-9-18)4-2-11-22-19-10-12-23-20(19)24/h1,3,5-9,13,19,22H,2,4,10-12,14H2,(H,23,24). The van der Waals surface area contributed by atoms with Gasteiger partial charge in [0.1, 0.15) is 12.4 Å². The van der Waals surface area contributed by atoms with Gasteiger partial charge in [0.2, 0.25) is 5.91 Å². The van der Waals surface area contributed by atoms with Crippen molar-refractivity contribution in [1.82, 2.24) is 10.6 Å². The molecule has 3 rings (SSSR count). The van der Waals surface area contributed by atoms with Crippen molar-refractivity contribution in [1.29, 1.82) is 0 Å². The summed E-state index contributed by atoms with van der Waals surface area (Å²) in [7, 11) is 0. The molecule has 1 fully saturated rings. The topological polar surface area (TPSA) is 50.4 Å². The van der Waals surface area contributed by atoms with Gasteiger partial charge in [0, 0.05) is 11.0 Å². The fraction of sp³-hybridized carbons (Fsp3) is 0.350. The van der Waals surface area contributed by atoms with E-state index in [1.807, 2.05) is 24.3 Å². The van der Waals surface area contributed by atoms with Crippen LogP contribution in [0.3, 0.4) is 0 Å².